The van der Waals surface area contributed by atoms with E-state index >= 15 is 0 Å². The van der Waals surface area contributed by atoms with Crippen LogP contribution < -0.4 is 10.9 Å². The van der Waals surface area contributed by atoms with E-state index < -0.39 is 5.97 Å². The van der Waals surface area contributed by atoms with Crippen LogP contribution in [-0.2, 0) is 4.74 Å². The minimum absolute atomic E-state index is 0.184. The van der Waals surface area contributed by atoms with Crippen LogP contribution in [0.15, 0.2) is 48.7 Å². The molecule has 0 aliphatic carbocycles. The van der Waals surface area contributed by atoms with Gasteiger partial charge in [-0.15, -0.1) is 0 Å². The van der Waals surface area contributed by atoms with E-state index in [1.165, 1.54) is 6.20 Å². The van der Waals surface area contributed by atoms with Crippen LogP contribution in [-0.4, -0.2) is 42.3 Å². The SMILES string of the molecule is CCOC(=O)c1cnc(-n2nc(C)cc2C)nc1NNc1cc(-c2ccccc2)nc(C)n1. The molecule has 0 atom stereocenters. The van der Waals surface area contributed by atoms with Crippen molar-refractivity contribution in [2.24, 2.45) is 0 Å². The standard InChI is InChI=1S/C23H24N8O2/c1-5-33-22(32)18-13-24-23(31-15(3)11-14(2)30-31)27-21(18)29-28-20-12-19(25-16(4)26-20)17-9-7-6-8-10-17/h6-13H,5H2,1-4H3,(H,24,27,29)(H,25,26,28). The van der Waals surface area contributed by atoms with Crippen LogP contribution in [0.25, 0.3) is 17.2 Å². The number of hydrazine groups is 1. The van der Waals surface area contributed by atoms with Crippen molar-refractivity contribution >= 4 is 17.6 Å². The number of nitrogens with one attached hydrogen (secondary N) is 2. The second-order valence-electron chi connectivity index (χ2n) is 7.29. The van der Waals surface area contributed by atoms with E-state index in [1.807, 2.05) is 63.2 Å². The maximum atomic E-state index is 12.5. The molecule has 3 heterocycles. The third-order valence-corrected chi connectivity index (χ3v) is 4.69. The fourth-order valence-electron chi connectivity index (χ4n) is 3.27. The summed E-state index contributed by atoms with van der Waals surface area (Å²) in [5, 5.41) is 4.41. The Hall–Kier alpha value is -4.34. The highest BCUT2D eigenvalue weighted by Crippen LogP contribution is 2.21. The maximum absolute atomic E-state index is 12.5. The zero-order chi connectivity index (χ0) is 23.4. The Labute approximate surface area is 191 Å². The van der Waals surface area contributed by atoms with Crippen molar-refractivity contribution in [2.75, 3.05) is 17.5 Å². The fraction of sp³-hybridized carbons (Fsp3) is 0.217. The molecule has 1 aromatic carbocycles. The molecule has 0 unspecified atom stereocenters. The fourth-order valence-corrected chi connectivity index (χ4v) is 3.27. The van der Waals surface area contributed by atoms with Gasteiger partial charge in [0.2, 0.25) is 0 Å². The molecule has 0 saturated heterocycles. The van der Waals surface area contributed by atoms with Gasteiger partial charge in [0.05, 0.1) is 18.0 Å². The normalized spacial score (nSPS) is 10.7. The molecular weight excluding hydrogens is 420 g/mol. The van der Waals surface area contributed by atoms with Crippen LogP contribution in [0.1, 0.15) is 34.5 Å². The predicted octanol–water partition coefficient (Wildman–Crippen LogP) is 3.66. The zero-order valence-electron chi connectivity index (χ0n) is 18.8. The number of anilines is 2. The lowest BCUT2D eigenvalue weighted by molar-refractivity contribution is 0.0526. The van der Waals surface area contributed by atoms with Crippen molar-refractivity contribution in [3.05, 3.63) is 71.4 Å². The highest BCUT2D eigenvalue weighted by atomic mass is 16.5. The van der Waals surface area contributed by atoms with Gasteiger partial charge in [0.1, 0.15) is 17.2 Å². The number of hydrogen-bond donors (Lipinski definition) is 2. The van der Waals surface area contributed by atoms with Crippen LogP contribution >= 0.6 is 0 Å². The first kappa shape index (κ1) is 21.9. The number of rotatable bonds is 7. The Morgan fingerprint density at radius 2 is 1.82 bits per heavy atom. The van der Waals surface area contributed by atoms with E-state index in [0.717, 1.165) is 22.6 Å². The van der Waals surface area contributed by atoms with Gasteiger partial charge in [-0.2, -0.15) is 10.1 Å². The molecule has 0 saturated carbocycles. The van der Waals surface area contributed by atoms with Crippen LogP contribution in [0.5, 0.6) is 0 Å². The molecule has 4 aromatic rings. The Morgan fingerprint density at radius 3 is 2.52 bits per heavy atom. The highest BCUT2D eigenvalue weighted by Gasteiger charge is 2.18. The molecule has 4 rings (SSSR count). The van der Waals surface area contributed by atoms with Crippen molar-refractivity contribution in [3.63, 3.8) is 0 Å². The van der Waals surface area contributed by atoms with Crippen LogP contribution in [0, 0.1) is 20.8 Å². The Morgan fingerprint density at radius 1 is 1.03 bits per heavy atom. The minimum atomic E-state index is -0.537. The van der Waals surface area contributed by atoms with Gasteiger partial charge in [-0.3, -0.25) is 10.9 Å². The second kappa shape index (κ2) is 9.43. The number of esters is 1. The summed E-state index contributed by atoms with van der Waals surface area (Å²) in [6.45, 7) is 7.58. The topological polar surface area (TPSA) is 120 Å². The lowest BCUT2D eigenvalue weighted by Gasteiger charge is -2.14. The molecule has 168 valence electrons. The summed E-state index contributed by atoms with van der Waals surface area (Å²) in [5.74, 6) is 1.13. The van der Waals surface area contributed by atoms with E-state index in [9.17, 15) is 4.79 Å². The monoisotopic (exact) mass is 444 g/mol. The molecule has 0 radical (unpaired) electrons. The van der Waals surface area contributed by atoms with Gasteiger partial charge in [0, 0.05) is 23.5 Å². The number of carbonyl (C=O) groups is 1. The van der Waals surface area contributed by atoms with Crippen molar-refractivity contribution in [1.29, 1.82) is 0 Å². The first-order valence-corrected chi connectivity index (χ1v) is 10.5. The van der Waals surface area contributed by atoms with Crippen molar-refractivity contribution < 1.29 is 9.53 Å². The van der Waals surface area contributed by atoms with Crippen LogP contribution in [0.4, 0.5) is 11.6 Å². The molecule has 33 heavy (non-hydrogen) atoms. The summed E-state index contributed by atoms with van der Waals surface area (Å²) < 4.78 is 6.76. The van der Waals surface area contributed by atoms with Crippen molar-refractivity contribution in [1.82, 2.24) is 29.7 Å². The summed E-state index contributed by atoms with van der Waals surface area (Å²) in [5.41, 5.74) is 9.62. The van der Waals surface area contributed by atoms with Gasteiger partial charge in [0.15, 0.2) is 5.82 Å². The average Bonchev–Trinajstić information content (AvgIpc) is 3.15. The second-order valence-corrected chi connectivity index (χ2v) is 7.29. The Balaban J connectivity index is 1.66. The number of aromatic nitrogens is 6. The third-order valence-electron chi connectivity index (χ3n) is 4.69. The molecule has 0 fully saturated rings. The number of carbonyl (C=O) groups excluding carboxylic acids is 1. The highest BCUT2D eigenvalue weighted by molar-refractivity contribution is 5.94. The van der Waals surface area contributed by atoms with Crippen LogP contribution in [0.2, 0.25) is 0 Å². The number of aryl methyl sites for hydroxylation is 3. The molecule has 10 heteroatoms. The predicted molar refractivity (Wildman–Crippen MR) is 124 cm³/mol. The molecule has 0 spiro atoms. The van der Waals surface area contributed by atoms with E-state index in [1.54, 1.807) is 11.6 Å². The molecule has 3 aromatic heterocycles. The first-order chi connectivity index (χ1) is 15.9. The third kappa shape index (κ3) is 4.95. The van der Waals surface area contributed by atoms with E-state index in [4.69, 9.17) is 4.74 Å². The lowest BCUT2D eigenvalue weighted by atomic mass is 10.1. The van der Waals surface area contributed by atoms with E-state index in [2.05, 4.69) is 35.9 Å². The quantitative estimate of drug-likeness (QED) is 0.325. The molecule has 0 amide bonds. The smallest absolute Gasteiger partial charge is 0.343 e. The number of hydrogen-bond acceptors (Lipinski definition) is 9. The summed E-state index contributed by atoms with van der Waals surface area (Å²) in [4.78, 5) is 30.2. The van der Waals surface area contributed by atoms with Crippen LogP contribution in [0.3, 0.4) is 0 Å². The molecule has 0 aliphatic rings. The minimum Gasteiger partial charge on any atom is -0.462 e. The zero-order valence-corrected chi connectivity index (χ0v) is 18.8. The number of nitrogens with zero attached hydrogens (tertiary/aromatic N) is 6. The molecule has 2 N–H and O–H groups in total. The van der Waals surface area contributed by atoms with Gasteiger partial charge in [-0.25, -0.2) is 24.4 Å². The van der Waals surface area contributed by atoms with Gasteiger partial charge in [-0.1, -0.05) is 30.3 Å². The van der Waals surface area contributed by atoms with Gasteiger partial charge in [-0.05, 0) is 33.8 Å². The van der Waals surface area contributed by atoms with E-state index in [-0.39, 0.29) is 18.0 Å². The van der Waals surface area contributed by atoms with E-state index in [0.29, 0.717) is 17.6 Å². The van der Waals surface area contributed by atoms with Gasteiger partial charge in [0.25, 0.3) is 5.95 Å². The maximum Gasteiger partial charge on any atom is 0.343 e. The van der Waals surface area contributed by atoms with Crippen molar-refractivity contribution in [2.45, 2.75) is 27.7 Å². The molecule has 10 nitrogen and oxygen atoms in total. The van der Waals surface area contributed by atoms with Gasteiger partial charge < -0.3 is 4.74 Å². The summed E-state index contributed by atoms with van der Waals surface area (Å²) >= 11 is 0. The van der Waals surface area contributed by atoms with Gasteiger partial charge >= 0.3 is 5.97 Å². The Kier molecular flexibility index (Phi) is 6.25. The summed E-state index contributed by atoms with van der Waals surface area (Å²) in [7, 11) is 0. The van der Waals surface area contributed by atoms with Crippen molar-refractivity contribution in [3.8, 4) is 17.2 Å². The largest absolute Gasteiger partial charge is 0.462 e. The molecular formula is C23H24N8O2. The summed E-state index contributed by atoms with van der Waals surface area (Å²) in [6, 6.07) is 13.5. The summed E-state index contributed by atoms with van der Waals surface area (Å²) in [6.07, 6.45) is 1.42. The number of ether oxygens (including phenoxy) is 1. The number of benzene rings is 1. The lowest BCUT2D eigenvalue weighted by Crippen LogP contribution is -2.19. The first-order valence-electron chi connectivity index (χ1n) is 10.5. The molecule has 0 aliphatic heterocycles. The average molecular weight is 444 g/mol. The Bertz CT molecular complexity index is 1290. The molecule has 0 bridgehead atoms.